The van der Waals surface area contributed by atoms with Crippen LogP contribution in [0.1, 0.15) is 18.5 Å². The molecule has 0 bridgehead atoms. The number of nitrogens with zero attached hydrogens (tertiary/aromatic N) is 4. The van der Waals surface area contributed by atoms with Crippen molar-refractivity contribution in [1.29, 1.82) is 0 Å². The zero-order chi connectivity index (χ0) is 19.6. The van der Waals surface area contributed by atoms with Gasteiger partial charge in [-0.25, -0.2) is 4.98 Å². The topological polar surface area (TPSA) is 72.0 Å². The van der Waals surface area contributed by atoms with Crippen molar-refractivity contribution >= 4 is 17.5 Å². The highest BCUT2D eigenvalue weighted by Gasteiger charge is 2.27. The quantitative estimate of drug-likeness (QED) is 0.844. The van der Waals surface area contributed by atoms with Crippen molar-refractivity contribution in [3.63, 3.8) is 0 Å². The minimum Gasteiger partial charge on any atom is -0.454 e. The number of ether oxygens (including phenoxy) is 3. The first-order chi connectivity index (χ1) is 14.2. The summed E-state index contributed by atoms with van der Waals surface area (Å²) in [6.45, 7) is 8.06. The summed E-state index contributed by atoms with van der Waals surface area (Å²) in [6, 6.07) is 8.43. The van der Waals surface area contributed by atoms with Gasteiger partial charge in [-0.2, -0.15) is 4.98 Å². The van der Waals surface area contributed by atoms with E-state index in [2.05, 4.69) is 15.1 Å². The number of rotatable bonds is 4. The van der Waals surface area contributed by atoms with Gasteiger partial charge in [-0.05, 0) is 31.9 Å². The van der Waals surface area contributed by atoms with Crippen LogP contribution in [0.3, 0.4) is 0 Å². The van der Waals surface area contributed by atoms with E-state index in [1.165, 1.54) is 0 Å². The molecule has 154 valence electrons. The Morgan fingerprint density at radius 3 is 2.59 bits per heavy atom. The van der Waals surface area contributed by atoms with Crippen LogP contribution in [-0.2, 0) is 4.74 Å². The van der Waals surface area contributed by atoms with Crippen molar-refractivity contribution in [2.75, 3.05) is 56.4 Å². The van der Waals surface area contributed by atoms with Crippen molar-refractivity contribution < 1.29 is 14.2 Å². The monoisotopic (exact) mass is 397 g/mol. The summed E-state index contributed by atoms with van der Waals surface area (Å²) in [7, 11) is 0. The van der Waals surface area contributed by atoms with Crippen LogP contribution in [0, 0.1) is 6.92 Å². The molecule has 2 fully saturated rings. The molecule has 1 aromatic heterocycles. The SMILES string of the molecule is Cc1cc(Nc2ccc3c(c2)OCO3)nc(N2CCC(N3CCOCC3)CC2)n1. The lowest BCUT2D eigenvalue weighted by Gasteiger charge is -2.40. The summed E-state index contributed by atoms with van der Waals surface area (Å²) in [4.78, 5) is 14.3. The van der Waals surface area contributed by atoms with Gasteiger partial charge < -0.3 is 24.4 Å². The Morgan fingerprint density at radius 1 is 0.966 bits per heavy atom. The van der Waals surface area contributed by atoms with Crippen LogP contribution in [0.4, 0.5) is 17.5 Å². The molecule has 3 aliphatic rings. The average molecular weight is 397 g/mol. The molecule has 0 saturated carbocycles. The van der Waals surface area contributed by atoms with Crippen LogP contribution >= 0.6 is 0 Å². The fraction of sp³-hybridized carbons (Fsp3) is 0.524. The highest BCUT2D eigenvalue weighted by molar-refractivity contribution is 5.62. The lowest BCUT2D eigenvalue weighted by Crippen LogP contribution is -2.49. The maximum Gasteiger partial charge on any atom is 0.231 e. The third kappa shape index (κ3) is 4.09. The molecular formula is C21H27N5O3. The first-order valence-electron chi connectivity index (χ1n) is 10.3. The Bertz CT molecular complexity index is 863. The summed E-state index contributed by atoms with van der Waals surface area (Å²) in [6.07, 6.45) is 2.28. The van der Waals surface area contributed by atoms with Crippen LogP contribution in [0.15, 0.2) is 24.3 Å². The van der Waals surface area contributed by atoms with Crippen LogP contribution in [-0.4, -0.2) is 67.1 Å². The summed E-state index contributed by atoms with van der Waals surface area (Å²) in [5.74, 6) is 3.12. The normalized spacial score (nSPS) is 20.1. The van der Waals surface area contributed by atoms with Gasteiger partial charge in [-0.15, -0.1) is 0 Å². The average Bonchev–Trinajstić information content (AvgIpc) is 3.22. The minimum absolute atomic E-state index is 0.274. The predicted molar refractivity (Wildman–Crippen MR) is 110 cm³/mol. The van der Waals surface area contributed by atoms with E-state index in [4.69, 9.17) is 24.2 Å². The summed E-state index contributed by atoms with van der Waals surface area (Å²) in [5.41, 5.74) is 1.87. The smallest absolute Gasteiger partial charge is 0.231 e. The molecule has 4 heterocycles. The number of morpholine rings is 1. The van der Waals surface area contributed by atoms with Gasteiger partial charge in [-0.3, -0.25) is 4.90 Å². The fourth-order valence-electron chi connectivity index (χ4n) is 4.25. The summed E-state index contributed by atoms with van der Waals surface area (Å²) >= 11 is 0. The van der Waals surface area contributed by atoms with Crippen molar-refractivity contribution in [3.05, 3.63) is 30.0 Å². The molecule has 0 spiro atoms. The summed E-state index contributed by atoms with van der Waals surface area (Å²) < 4.78 is 16.3. The second kappa shape index (κ2) is 8.04. The molecule has 0 atom stereocenters. The second-order valence-electron chi connectivity index (χ2n) is 7.75. The van der Waals surface area contributed by atoms with Gasteiger partial charge >= 0.3 is 0 Å². The molecule has 5 rings (SSSR count). The van der Waals surface area contributed by atoms with Crippen LogP contribution in [0.25, 0.3) is 0 Å². The molecule has 2 saturated heterocycles. The number of piperidine rings is 1. The maximum atomic E-state index is 5.49. The van der Waals surface area contributed by atoms with Gasteiger partial charge in [0.2, 0.25) is 12.7 Å². The Morgan fingerprint density at radius 2 is 1.76 bits per heavy atom. The van der Waals surface area contributed by atoms with Crippen LogP contribution in [0.5, 0.6) is 11.5 Å². The van der Waals surface area contributed by atoms with E-state index in [0.29, 0.717) is 6.04 Å². The third-order valence-corrected chi connectivity index (χ3v) is 5.80. The molecular weight excluding hydrogens is 370 g/mol. The second-order valence-corrected chi connectivity index (χ2v) is 7.75. The first-order valence-corrected chi connectivity index (χ1v) is 10.3. The third-order valence-electron chi connectivity index (χ3n) is 5.80. The molecule has 0 radical (unpaired) electrons. The van der Waals surface area contributed by atoms with Gasteiger partial charge in [0.25, 0.3) is 0 Å². The Labute approximate surface area is 170 Å². The van der Waals surface area contributed by atoms with E-state index in [1.807, 2.05) is 31.2 Å². The van der Waals surface area contributed by atoms with Gasteiger partial charge in [0.05, 0.1) is 13.2 Å². The molecule has 8 nitrogen and oxygen atoms in total. The molecule has 1 N–H and O–H groups in total. The number of benzene rings is 1. The number of hydrogen-bond acceptors (Lipinski definition) is 8. The molecule has 8 heteroatoms. The van der Waals surface area contributed by atoms with Gasteiger partial charge in [0.1, 0.15) is 5.82 Å². The zero-order valence-corrected chi connectivity index (χ0v) is 16.8. The number of aromatic nitrogens is 2. The van der Waals surface area contributed by atoms with E-state index in [-0.39, 0.29) is 6.79 Å². The highest BCUT2D eigenvalue weighted by Crippen LogP contribution is 2.35. The van der Waals surface area contributed by atoms with E-state index < -0.39 is 0 Å². The zero-order valence-electron chi connectivity index (χ0n) is 16.8. The number of aryl methyl sites for hydroxylation is 1. The summed E-state index contributed by atoms with van der Waals surface area (Å²) in [5, 5.41) is 3.38. The van der Waals surface area contributed by atoms with Crippen molar-refractivity contribution in [3.8, 4) is 11.5 Å². The minimum atomic E-state index is 0.274. The van der Waals surface area contributed by atoms with Gasteiger partial charge in [0, 0.05) is 55.7 Å². The fourth-order valence-corrected chi connectivity index (χ4v) is 4.25. The van der Waals surface area contributed by atoms with E-state index in [1.54, 1.807) is 0 Å². The Hall–Kier alpha value is -2.58. The molecule has 0 unspecified atom stereocenters. The molecule has 2 aromatic rings. The highest BCUT2D eigenvalue weighted by atomic mass is 16.7. The largest absolute Gasteiger partial charge is 0.454 e. The van der Waals surface area contributed by atoms with Crippen molar-refractivity contribution in [2.45, 2.75) is 25.8 Å². The number of anilines is 3. The molecule has 29 heavy (non-hydrogen) atoms. The van der Waals surface area contributed by atoms with Gasteiger partial charge in [-0.1, -0.05) is 0 Å². The lowest BCUT2D eigenvalue weighted by molar-refractivity contribution is 0.0114. The van der Waals surface area contributed by atoms with Crippen LogP contribution in [0.2, 0.25) is 0 Å². The van der Waals surface area contributed by atoms with Gasteiger partial charge in [0.15, 0.2) is 11.5 Å². The first kappa shape index (κ1) is 18.4. The standard InChI is InChI=1S/C21H27N5O3/c1-15-12-20(23-16-2-3-18-19(13-16)29-14-28-18)24-21(22-15)26-6-4-17(5-7-26)25-8-10-27-11-9-25/h2-3,12-13,17H,4-11,14H2,1H3,(H,22,23,24). The van der Waals surface area contributed by atoms with E-state index in [9.17, 15) is 0 Å². The lowest BCUT2D eigenvalue weighted by atomic mass is 10.0. The number of nitrogens with one attached hydrogen (secondary N) is 1. The predicted octanol–water partition coefficient (Wildman–Crippen LogP) is 2.56. The maximum absolute atomic E-state index is 5.49. The Kier molecular flexibility index (Phi) is 5.12. The molecule has 0 amide bonds. The number of fused-ring (bicyclic) bond motifs is 1. The van der Waals surface area contributed by atoms with Crippen molar-refractivity contribution in [2.24, 2.45) is 0 Å². The van der Waals surface area contributed by atoms with E-state index in [0.717, 1.165) is 86.9 Å². The van der Waals surface area contributed by atoms with Crippen LogP contribution < -0.4 is 19.7 Å². The van der Waals surface area contributed by atoms with Crippen molar-refractivity contribution in [1.82, 2.24) is 14.9 Å². The number of hydrogen-bond donors (Lipinski definition) is 1. The molecule has 0 aliphatic carbocycles. The Balaban J connectivity index is 1.26. The molecule has 3 aliphatic heterocycles. The van der Waals surface area contributed by atoms with E-state index >= 15 is 0 Å². The molecule has 1 aromatic carbocycles.